The molecule has 0 bridgehead atoms. The number of hydrogen-bond acceptors (Lipinski definition) is 1. The molecule has 1 aliphatic heterocycles. The van der Waals surface area contributed by atoms with Crippen LogP contribution in [-0.2, 0) is 0 Å². The van der Waals surface area contributed by atoms with Crippen molar-refractivity contribution in [2.75, 3.05) is 0 Å². The van der Waals surface area contributed by atoms with E-state index in [-0.39, 0.29) is 0 Å². The first-order valence-electron chi connectivity index (χ1n) is 2.59. The van der Waals surface area contributed by atoms with E-state index in [1.54, 1.807) is 0 Å². The molecule has 0 saturated carbocycles. The van der Waals surface area contributed by atoms with Crippen LogP contribution in [-0.4, -0.2) is 6.04 Å². The first kappa shape index (κ1) is 5.89. The largest absolute Gasteiger partial charge is 0.373 e. The van der Waals surface area contributed by atoms with Crippen LogP contribution in [0.4, 0.5) is 0 Å². The van der Waals surface area contributed by atoms with Crippen LogP contribution >= 0.6 is 15.9 Å². The Morgan fingerprint density at radius 2 is 2.50 bits per heavy atom. The minimum absolute atomic E-state index is 0.467. The molecule has 0 aromatic rings. The summed E-state index contributed by atoms with van der Waals surface area (Å²) < 4.78 is 1.06. The van der Waals surface area contributed by atoms with Gasteiger partial charge in [0.05, 0.1) is 4.61 Å². The van der Waals surface area contributed by atoms with Crippen molar-refractivity contribution in [1.82, 2.24) is 5.32 Å². The maximum atomic E-state index is 3.33. The van der Waals surface area contributed by atoms with Gasteiger partial charge in [-0.25, -0.2) is 0 Å². The zero-order valence-electron chi connectivity index (χ0n) is 4.69. The number of nitrogens with one attached hydrogen (secondary N) is 1. The SMILES string of the molecule is C[C@@H]1C=CC=C(Br)N1. The summed E-state index contributed by atoms with van der Waals surface area (Å²) in [6, 6.07) is 0.467. The van der Waals surface area contributed by atoms with Crippen molar-refractivity contribution in [1.29, 1.82) is 0 Å². The van der Waals surface area contributed by atoms with Gasteiger partial charge >= 0.3 is 0 Å². The normalized spacial score (nSPS) is 26.8. The lowest BCUT2D eigenvalue weighted by atomic mass is 10.2. The maximum Gasteiger partial charge on any atom is 0.0784 e. The molecule has 1 atom stereocenters. The van der Waals surface area contributed by atoms with Crippen molar-refractivity contribution in [2.24, 2.45) is 0 Å². The number of rotatable bonds is 0. The van der Waals surface area contributed by atoms with Crippen LogP contribution in [0.5, 0.6) is 0 Å². The molecule has 0 fully saturated rings. The van der Waals surface area contributed by atoms with Gasteiger partial charge in [0, 0.05) is 6.04 Å². The van der Waals surface area contributed by atoms with Crippen LogP contribution < -0.4 is 5.32 Å². The van der Waals surface area contributed by atoms with Gasteiger partial charge in [0.2, 0.25) is 0 Å². The van der Waals surface area contributed by atoms with E-state index in [0.29, 0.717) is 6.04 Å². The molecule has 1 heterocycles. The Labute approximate surface area is 57.6 Å². The Kier molecular flexibility index (Phi) is 1.73. The summed E-state index contributed by atoms with van der Waals surface area (Å²) in [5.41, 5.74) is 0. The van der Waals surface area contributed by atoms with E-state index >= 15 is 0 Å². The second-order valence-corrected chi connectivity index (χ2v) is 2.69. The third-order valence-electron chi connectivity index (χ3n) is 1.01. The smallest absolute Gasteiger partial charge is 0.0784 e. The van der Waals surface area contributed by atoms with Crippen LogP contribution in [0.3, 0.4) is 0 Å². The van der Waals surface area contributed by atoms with Gasteiger partial charge in [0.1, 0.15) is 0 Å². The molecule has 0 saturated heterocycles. The Hall–Kier alpha value is -0.240. The van der Waals surface area contributed by atoms with E-state index in [1.807, 2.05) is 12.2 Å². The summed E-state index contributed by atoms with van der Waals surface area (Å²) in [4.78, 5) is 0. The van der Waals surface area contributed by atoms with E-state index in [9.17, 15) is 0 Å². The van der Waals surface area contributed by atoms with Crippen LogP contribution in [0.25, 0.3) is 0 Å². The lowest BCUT2D eigenvalue weighted by Gasteiger charge is -2.12. The average Bonchev–Trinajstić information content (AvgIpc) is 1.64. The molecule has 1 rings (SSSR count). The van der Waals surface area contributed by atoms with Gasteiger partial charge in [-0.15, -0.1) is 0 Å². The van der Waals surface area contributed by atoms with Gasteiger partial charge in [0.25, 0.3) is 0 Å². The molecule has 0 radical (unpaired) electrons. The molecular weight excluding hydrogens is 166 g/mol. The Morgan fingerprint density at radius 1 is 1.75 bits per heavy atom. The zero-order chi connectivity index (χ0) is 5.98. The summed E-state index contributed by atoms with van der Waals surface area (Å²) in [6.07, 6.45) is 6.12. The summed E-state index contributed by atoms with van der Waals surface area (Å²) in [5.74, 6) is 0. The van der Waals surface area contributed by atoms with Gasteiger partial charge in [0.15, 0.2) is 0 Å². The molecule has 0 spiro atoms. The third-order valence-corrected chi connectivity index (χ3v) is 1.50. The van der Waals surface area contributed by atoms with Crippen molar-refractivity contribution in [3.05, 3.63) is 22.8 Å². The third kappa shape index (κ3) is 1.37. The fourth-order valence-corrected chi connectivity index (χ4v) is 1.13. The van der Waals surface area contributed by atoms with Crippen LogP contribution in [0, 0.1) is 0 Å². The highest BCUT2D eigenvalue weighted by molar-refractivity contribution is 9.11. The molecule has 1 N–H and O–H groups in total. The highest BCUT2D eigenvalue weighted by atomic mass is 79.9. The van der Waals surface area contributed by atoms with Crippen LogP contribution in [0.15, 0.2) is 22.8 Å². The van der Waals surface area contributed by atoms with Crippen molar-refractivity contribution in [3.8, 4) is 0 Å². The second-order valence-electron chi connectivity index (χ2n) is 1.83. The van der Waals surface area contributed by atoms with Crippen molar-refractivity contribution in [2.45, 2.75) is 13.0 Å². The summed E-state index contributed by atoms with van der Waals surface area (Å²) in [6.45, 7) is 2.10. The van der Waals surface area contributed by atoms with Crippen molar-refractivity contribution >= 4 is 15.9 Å². The predicted molar refractivity (Wildman–Crippen MR) is 38.7 cm³/mol. The fourth-order valence-electron chi connectivity index (χ4n) is 0.620. The average molecular weight is 174 g/mol. The van der Waals surface area contributed by atoms with E-state index in [1.165, 1.54) is 0 Å². The minimum atomic E-state index is 0.467. The standard InChI is InChI=1S/C6H8BrN/c1-5-3-2-4-6(7)8-5/h2-5,8H,1H3/t5-/m1/s1. The highest BCUT2D eigenvalue weighted by Gasteiger charge is 1.98. The Bertz CT molecular complexity index is 137. The molecule has 8 heavy (non-hydrogen) atoms. The molecule has 0 unspecified atom stereocenters. The molecule has 0 aromatic heterocycles. The van der Waals surface area contributed by atoms with Gasteiger partial charge in [-0.3, -0.25) is 0 Å². The molecule has 0 amide bonds. The monoisotopic (exact) mass is 173 g/mol. The van der Waals surface area contributed by atoms with Gasteiger partial charge in [-0.2, -0.15) is 0 Å². The van der Waals surface area contributed by atoms with Gasteiger partial charge < -0.3 is 5.32 Å². The van der Waals surface area contributed by atoms with Crippen LogP contribution in [0.2, 0.25) is 0 Å². The van der Waals surface area contributed by atoms with Crippen LogP contribution in [0.1, 0.15) is 6.92 Å². The number of allylic oxidation sites excluding steroid dienone is 2. The summed E-state index contributed by atoms with van der Waals surface area (Å²) in [5, 5.41) is 3.17. The van der Waals surface area contributed by atoms with Crippen molar-refractivity contribution in [3.63, 3.8) is 0 Å². The highest BCUT2D eigenvalue weighted by Crippen LogP contribution is 2.06. The first-order valence-corrected chi connectivity index (χ1v) is 3.39. The fraction of sp³-hybridized carbons (Fsp3) is 0.333. The van der Waals surface area contributed by atoms with Gasteiger partial charge in [-0.1, -0.05) is 12.2 Å². The van der Waals surface area contributed by atoms with Gasteiger partial charge in [-0.05, 0) is 28.9 Å². The predicted octanol–water partition coefficient (Wildman–Crippen LogP) is 1.77. The maximum absolute atomic E-state index is 3.33. The minimum Gasteiger partial charge on any atom is -0.373 e. The number of dihydropyridines is 1. The summed E-state index contributed by atoms with van der Waals surface area (Å²) >= 11 is 3.33. The topological polar surface area (TPSA) is 12.0 Å². The molecule has 1 aliphatic rings. The van der Waals surface area contributed by atoms with E-state index < -0.39 is 0 Å². The van der Waals surface area contributed by atoms with E-state index in [2.05, 4.69) is 34.2 Å². The quantitative estimate of drug-likeness (QED) is 0.552. The number of hydrogen-bond donors (Lipinski definition) is 1. The Balaban J connectivity index is 2.59. The van der Waals surface area contributed by atoms with E-state index in [4.69, 9.17) is 0 Å². The molecule has 0 aromatic carbocycles. The lowest BCUT2D eigenvalue weighted by Crippen LogP contribution is -2.22. The molecule has 0 aliphatic carbocycles. The first-order chi connectivity index (χ1) is 3.79. The number of halogens is 1. The zero-order valence-corrected chi connectivity index (χ0v) is 6.27. The lowest BCUT2D eigenvalue weighted by molar-refractivity contribution is 0.753. The summed E-state index contributed by atoms with van der Waals surface area (Å²) in [7, 11) is 0. The Morgan fingerprint density at radius 3 is 2.88 bits per heavy atom. The second kappa shape index (κ2) is 2.35. The molecule has 44 valence electrons. The van der Waals surface area contributed by atoms with Crippen molar-refractivity contribution < 1.29 is 0 Å². The molecule has 1 nitrogen and oxygen atoms in total. The molecular formula is C6H8BrN. The van der Waals surface area contributed by atoms with E-state index in [0.717, 1.165) is 4.61 Å². The molecule has 2 heteroatoms.